The van der Waals surface area contributed by atoms with E-state index in [0.29, 0.717) is 19.5 Å². The Morgan fingerprint density at radius 1 is 1.17 bits per heavy atom. The van der Waals surface area contributed by atoms with Crippen LogP contribution in [0.4, 0.5) is 0 Å². The zero-order chi connectivity index (χ0) is 16.6. The maximum Gasteiger partial charge on any atom is 0.335 e. The van der Waals surface area contributed by atoms with Crippen LogP contribution in [0.2, 0.25) is 0 Å². The molecule has 0 radical (unpaired) electrons. The summed E-state index contributed by atoms with van der Waals surface area (Å²) in [5, 5.41) is 13.0. The highest BCUT2D eigenvalue weighted by atomic mass is 16.4. The van der Waals surface area contributed by atoms with E-state index in [1.165, 1.54) is 19.2 Å². The van der Waals surface area contributed by atoms with Crippen LogP contribution in [-0.2, 0) is 20.0 Å². The van der Waals surface area contributed by atoms with Crippen molar-refractivity contribution in [3.63, 3.8) is 0 Å². The van der Waals surface area contributed by atoms with Crippen molar-refractivity contribution in [1.82, 2.24) is 14.7 Å². The molecule has 1 aromatic heterocycles. The van der Waals surface area contributed by atoms with Crippen LogP contribution in [0.15, 0.2) is 35.1 Å². The number of carbonyl (C=O) groups is 2. The van der Waals surface area contributed by atoms with Crippen molar-refractivity contribution in [2.75, 3.05) is 6.54 Å². The summed E-state index contributed by atoms with van der Waals surface area (Å²) in [5.41, 5.74) is 2.00. The smallest absolute Gasteiger partial charge is 0.335 e. The predicted octanol–water partition coefficient (Wildman–Crippen LogP) is 0.677. The van der Waals surface area contributed by atoms with Crippen molar-refractivity contribution in [2.45, 2.75) is 13.0 Å². The molecule has 1 N–H and O–H groups in total. The van der Waals surface area contributed by atoms with Crippen molar-refractivity contribution in [3.05, 3.63) is 63.1 Å². The van der Waals surface area contributed by atoms with Crippen LogP contribution in [0.3, 0.4) is 0 Å². The molecule has 0 fully saturated rings. The molecule has 7 nitrogen and oxygen atoms in total. The summed E-state index contributed by atoms with van der Waals surface area (Å²) in [7, 11) is 1.49. The van der Waals surface area contributed by atoms with E-state index in [0.717, 1.165) is 15.8 Å². The summed E-state index contributed by atoms with van der Waals surface area (Å²) in [4.78, 5) is 36.6. The van der Waals surface area contributed by atoms with Gasteiger partial charge in [-0.25, -0.2) is 9.48 Å². The van der Waals surface area contributed by atoms with E-state index in [4.69, 9.17) is 5.11 Å². The average molecular weight is 313 g/mol. The number of aromatic carboxylic acids is 1. The van der Waals surface area contributed by atoms with Gasteiger partial charge in [0.2, 0.25) is 0 Å². The molecular weight excluding hydrogens is 298 g/mol. The number of benzene rings is 1. The van der Waals surface area contributed by atoms with Gasteiger partial charge in [-0.15, -0.1) is 0 Å². The van der Waals surface area contributed by atoms with Gasteiger partial charge in [0.15, 0.2) is 0 Å². The van der Waals surface area contributed by atoms with Crippen LogP contribution < -0.4 is 5.56 Å². The van der Waals surface area contributed by atoms with Crippen molar-refractivity contribution in [3.8, 4) is 0 Å². The van der Waals surface area contributed by atoms with Gasteiger partial charge in [0.05, 0.1) is 5.56 Å². The van der Waals surface area contributed by atoms with E-state index in [1.807, 2.05) is 0 Å². The molecule has 0 spiro atoms. The van der Waals surface area contributed by atoms with Crippen LogP contribution >= 0.6 is 0 Å². The maximum absolute atomic E-state index is 12.5. The Labute approximate surface area is 131 Å². The van der Waals surface area contributed by atoms with E-state index in [2.05, 4.69) is 5.10 Å². The molecule has 118 valence electrons. The normalized spacial score (nSPS) is 13.5. The topological polar surface area (TPSA) is 92.5 Å². The van der Waals surface area contributed by atoms with Crippen molar-refractivity contribution in [1.29, 1.82) is 0 Å². The number of amides is 1. The molecule has 0 bridgehead atoms. The Bertz CT molecular complexity index is 857. The Morgan fingerprint density at radius 3 is 2.65 bits per heavy atom. The highest BCUT2D eigenvalue weighted by molar-refractivity contribution is 5.92. The summed E-state index contributed by atoms with van der Waals surface area (Å²) >= 11 is 0. The quantitative estimate of drug-likeness (QED) is 0.880. The predicted molar refractivity (Wildman–Crippen MR) is 81.3 cm³/mol. The number of fused-ring (bicyclic) bond motifs is 1. The van der Waals surface area contributed by atoms with Crippen LogP contribution in [0, 0.1) is 0 Å². The lowest BCUT2D eigenvalue weighted by atomic mass is 9.97. The van der Waals surface area contributed by atoms with Crippen molar-refractivity contribution >= 4 is 11.9 Å². The fraction of sp³-hybridized carbons (Fsp3) is 0.250. The summed E-state index contributed by atoms with van der Waals surface area (Å²) in [5.74, 6) is -1.26. The highest BCUT2D eigenvalue weighted by Crippen LogP contribution is 2.21. The van der Waals surface area contributed by atoms with Crippen molar-refractivity contribution in [2.24, 2.45) is 7.05 Å². The number of carboxylic acids is 1. The average Bonchev–Trinajstić information content (AvgIpc) is 2.55. The third-order valence-corrected chi connectivity index (χ3v) is 3.93. The minimum absolute atomic E-state index is 0.199. The fourth-order valence-corrected chi connectivity index (χ4v) is 2.64. The number of carbonyl (C=O) groups excluding carboxylic acids is 1. The minimum Gasteiger partial charge on any atom is -0.478 e. The first-order valence-electron chi connectivity index (χ1n) is 7.14. The van der Waals surface area contributed by atoms with Gasteiger partial charge in [0.1, 0.15) is 5.69 Å². The van der Waals surface area contributed by atoms with Crippen LogP contribution in [0.5, 0.6) is 0 Å². The standard InChI is InChI=1S/C16H15N3O4/c1-18-14(20)5-4-13(17-18)15(21)19-7-6-10-2-3-11(16(22)23)8-12(10)9-19/h2-5,8H,6-7,9H2,1H3,(H,22,23). The number of hydrogen-bond acceptors (Lipinski definition) is 4. The second-order valence-corrected chi connectivity index (χ2v) is 5.45. The molecule has 23 heavy (non-hydrogen) atoms. The molecule has 2 heterocycles. The molecule has 1 aliphatic rings. The molecular formula is C16H15N3O4. The van der Waals surface area contributed by atoms with Gasteiger partial charge in [-0.1, -0.05) is 6.07 Å². The summed E-state index contributed by atoms with van der Waals surface area (Å²) in [6.45, 7) is 0.864. The maximum atomic E-state index is 12.5. The zero-order valence-electron chi connectivity index (χ0n) is 12.5. The number of rotatable bonds is 2. The first kappa shape index (κ1) is 15.0. The molecule has 0 saturated carbocycles. The molecule has 0 atom stereocenters. The lowest BCUT2D eigenvalue weighted by Crippen LogP contribution is -2.37. The Morgan fingerprint density at radius 2 is 1.96 bits per heavy atom. The Balaban J connectivity index is 1.87. The third-order valence-electron chi connectivity index (χ3n) is 3.93. The van der Waals surface area contributed by atoms with E-state index in [1.54, 1.807) is 23.1 Å². The van der Waals surface area contributed by atoms with Gasteiger partial charge in [-0.3, -0.25) is 9.59 Å². The van der Waals surface area contributed by atoms with E-state index >= 15 is 0 Å². The van der Waals surface area contributed by atoms with Gasteiger partial charge < -0.3 is 10.0 Å². The number of hydrogen-bond donors (Lipinski definition) is 1. The van der Waals surface area contributed by atoms with Crippen LogP contribution in [-0.4, -0.2) is 38.2 Å². The second-order valence-electron chi connectivity index (χ2n) is 5.45. The van der Waals surface area contributed by atoms with Gasteiger partial charge in [-0.2, -0.15) is 5.10 Å². The molecule has 0 saturated heterocycles. The lowest BCUT2D eigenvalue weighted by Gasteiger charge is -2.28. The molecule has 0 unspecified atom stereocenters. The van der Waals surface area contributed by atoms with Gasteiger partial charge in [0, 0.05) is 26.2 Å². The number of carboxylic acid groups (broad SMARTS) is 1. The lowest BCUT2D eigenvalue weighted by molar-refractivity contribution is 0.0696. The summed E-state index contributed by atoms with van der Waals surface area (Å²) in [6, 6.07) is 7.69. The third kappa shape index (κ3) is 2.85. The van der Waals surface area contributed by atoms with E-state index in [9.17, 15) is 14.4 Å². The van der Waals surface area contributed by atoms with Gasteiger partial charge >= 0.3 is 5.97 Å². The first-order valence-corrected chi connectivity index (χ1v) is 7.14. The first-order chi connectivity index (χ1) is 11.0. The molecule has 1 aromatic carbocycles. The molecule has 2 aromatic rings. The second kappa shape index (κ2) is 5.68. The number of aromatic nitrogens is 2. The SMILES string of the molecule is Cn1nc(C(=O)N2CCc3ccc(C(=O)O)cc3C2)ccc1=O. The largest absolute Gasteiger partial charge is 0.478 e. The fourth-order valence-electron chi connectivity index (χ4n) is 2.64. The minimum atomic E-state index is -0.990. The van der Waals surface area contributed by atoms with Crippen LogP contribution in [0.25, 0.3) is 0 Å². The monoisotopic (exact) mass is 313 g/mol. The number of nitrogens with zero attached hydrogens (tertiary/aromatic N) is 3. The van der Waals surface area contributed by atoms with Crippen molar-refractivity contribution < 1.29 is 14.7 Å². The number of aryl methyl sites for hydroxylation is 1. The molecule has 0 aliphatic carbocycles. The molecule has 7 heteroatoms. The zero-order valence-corrected chi connectivity index (χ0v) is 12.5. The van der Waals surface area contributed by atoms with Gasteiger partial charge in [0.25, 0.3) is 11.5 Å². The van der Waals surface area contributed by atoms with Gasteiger partial charge in [-0.05, 0) is 35.7 Å². The molecule has 3 rings (SSSR count). The molecule has 1 aliphatic heterocycles. The Hall–Kier alpha value is -2.96. The Kier molecular flexibility index (Phi) is 3.69. The molecule has 1 amide bonds. The summed E-state index contributed by atoms with van der Waals surface area (Å²) < 4.78 is 1.12. The van der Waals surface area contributed by atoms with E-state index in [-0.39, 0.29) is 22.7 Å². The highest BCUT2D eigenvalue weighted by Gasteiger charge is 2.23. The van der Waals surface area contributed by atoms with E-state index < -0.39 is 5.97 Å². The van der Waals surface area contributed by atoms with Crippen LogP contribution in [0.1, 0.15) is 32.0 Å². The summed E-state index contributed by atoms with van der Waals surface area (Å²) in [6.07, 6.45) is 0.659.